The zero-order valence-corrected chi connectivity index (χ0v) is 7.74. The molecule has 1 aromatic rings. The molecule has 0 saturated carbocycles. The molecule has 0 atom stereocenters. The fraction of sp³-hybridized carbons (Fsp3) is 0.200. The smallest absolute Gasteiger partial charge is 0.258 e. The molecule has 1 N–H and O–H groups in total. The van der Waals surface area contributed by atoms with Crippen LogP contribution in [0.25, 0.3) is 12.2 Å². The van der Waals surface area contributed by atoms with Crippen LogP contribution in [-0.4, -0.2) is 9.97 Å². The van der Waals surface area contributed by atoms with E-state index in [4.69, 9.17) is 0 Å². The van der Waals surface area contributed by atoms with E-state index in [9.17, 15) is 4.79 Å². The van der Waals surface area contributed by atoms with E-state index in [0.29, 0.717) is 11.3 Å². The molecule has 0 amide bonds. The Kier molecular flexibility index (Phi) is 3.20. The number of hydrogen-bond acceptors (Lipinski definition) is 2. The van der Waals surface area contributed by atoms with Gasteiger partial charge in [-0.05, 0) is 19.9 Å². The average Bonchev–Trinajstić information content (AvgIpc) is 2.11. The van der Waals surface area contributed by atoms with Gasteiger partial charge in [0.25, 0.3) is 5.56 Å². The highest BCUT2D eigenvalue weighted by Crippen LogP contribution is 2.03. The second-order valence-corrected chi connectivity index (χ2v) is 2.53. The van der Waals surface area contributed by atoms with Crippen LogP contribution in [0, 0.1) is 0 Å². The van der Waals surface area contributed by atoms with Gasteiger partial charge in [0, 0.05) is 0 Å². The van der Waals surface area contributed by atoms with Gasteiger partial charge in [-0.3, -0.25) is 4.79 Å². The Bertz CT molecular complexity index is 388. The molecule has 1 rings (SSSR count). The molecule has 0 radical (unpaired) electrons. The molecule has 0 aliphatic heterocycles. The third kappa shape index (κ3) is 2.15. The van der Waals surface area contributed by atoms with Gasteiger partial charge in [-0.2, -0.15) is 0 Å². The van der Waals surface area contributed by atoms with Gasteiger partial charge in [-0.15, -0.1) is 0 Å². The van der Waals surface area contributed by atoms with Crippen LogP contribution in [0.3, 0.4) is 0 Å². The van der Waals surface area contributed by atoms with Crippen LogP contribution in [0.1, 0.15) is 25.1 Å². The van der Waals surface area contributed by atoms with Gasteiger partial charge in [0.1, 0.15) is 0 Å². The molecule has 3 heteroatoms. The zero-order valence-electron chi connectivity index (χ0n) is 7.74. The second kappa shape index (κ2) is 4.40. The molecule has 1 aromatic heterocycles. The maximum Gasteiger partial charge on any atom is 0.258 e. The number of nitrogens with zero attached hydrogens (tertiary/aromatic N) is 1. The summed E-state index contributed by atoms with van der Waals surface area (Å²) in [4.78, 5) is 17.9. The Morgan fingerprint density at radius 1 is 1.31 bits per heavy atom. The summed E-state index contributed by atoms with van der Waals surface area (Å²) in [5.74, 6) is 0. The van der Waals surface area contributed by atoms with Gasteiger partial charge < -0.3 is 4.98 Å². The summed E-state index contributed by atoms with van der Waals surface area (Å²) in [5.41, 5.74) is 1.19. The predicted octanol–water partition coefficient (Wildman–Crippen LogP) is 1.84. The lowest BCUT2D eigenvalue weighted by molar-refractivity contribution is 1.09. The van der Waals surface area contributed by atoms with Gasteiger partial charge in [0.15, 0.2) is 0 Å². The Morgan fingerprint density at radius 3 is 2.62 bits per heavy atom. The second-order valence-electron chi connectivity index (χ2n) is 2.53. The fourth-order valence-corrected chi connectivity index (χ4v) is 1.04. The molecule has 0 aliphatic rings. The quantitative estimate of drug-likeness (QED) is 0.747. The van der Waals surface area contributed by atoms with Crippen LogP contribution in [0.5, 0.6) is 0 Å². The van der Waals surface area contributed by atoms with E-state index < -0.39 is 0 Å². The van der Waals surface area contributed by atoms with Crippen molar-refractivity contribution >= 4 is 12.2 Å². The number of allylic oxidation sites excluding steroid dienone is 2. The van der Waals surface area contributed by atoms with Crippen molar-refractivity contribution in [1.82, 2.24) is 9.97 Å². The number of rotatable bonds is 2. The molecule has 3 nitrogen and oxygen atoms in total. The molecule has 0 aromatic carbocycles. The number of aromatic amines is 1. The summed E-state index contributed by atoms with van der Waals surface area (Å²) in [6.07, 6.45) is 8.64. The number of aromatic nitrogens is 2. The van der Waals surface area contributed by atoms with Crippen molar-refractivity contribution in [3.05, 3.63) is 40.1 Å². The van der Waals surface area contributed by atoms with E-state index in [1.54, 1.807) is 6.08 Å². The highest BCUT2D eigenvalue weighted by Gasteiger charge is 2.00. The van der Waals surface area contributed by atoms with Crippen molar-refractivity contribution in [3.63, 3.8) is 0 Å². The highest BCUT2D eigenvalue weighted by atomic mass is 16.1. The molecule has 0 saturated heterocycles. The first-order valence-corrected chi connectivity index (χ1v) is 4.12. The normalized spacial score (nSPS) is 11.5. The fourth-order valence-electron chi connectivity index (χ4n) is 1.04. The summed E-state index contributed by atoms with van der Waals surface area (Å²) in [7, 11) is 0. The highest BCUT2D eigenvalue weighted by molar-refractivity contribution is 5.60. The van der Waals surface area contributed by atoms with Crippen molar-refractivity contribution in [2.24, 2.45) is 0 Å². The first-order valence-electron chi connectivity index (χ1n) is 4.12. The lowest BCUT2D eigenvalue weighted by atomic mass is 10.2. The topological polar surface area (TPSA) is 45.8 Å². The van der Waals surface area contributed by atoms with Crippen molar-refractivity contribution < 1.29 is 0 Å². The molecule has 0 unspecified atom stereocenters. The van der Waals surface area contributed by atoms with E-state index >= 15 is 0 Å². The molecule has 0 fully saturated rings. The molecule has 0 spiro atoms. The Labute approximate surface area is 76.8 Å². The third-order valence-corrected chi connectivity index (χ3v) is 1.58. The van der Waals surface area contributed by atoms with Gasteiger partial charge in [0.2, 0.25) is 0 Å². The minimum Gasteiger partial charge on any atom is -0.313 e. The molecule has 1 heterocycles. The maximum atomic E-state index is 11.3. The first kappa shape index (κ1) is 9.45. The van der Waals surface area contributed by atoms with Gasteiger partial charge in [-0.25, -0.2) is 4.98 Å². The van der Waals surface area contributed by atoms with E-state index in [0.717, 1.165) is 0 Å². The van der Waals surface area contributed by atoms with Crippen LogP contribution in [0.4, 0.5) is 0 Å². The number of nitrogens with one attached hydrogen (secondary N) is 1. The molecule has 13 heavy (non-hydrogen) atoms. The van der Waals surface area contributed by atoms with Crippen molar-refractivity contribution in [2.45, 2.75) is 13.8 Å². The van der Waals surface area contributed by atoms with E-state index in [-0.39, 0.29) is 5.56 Å². The SMILES string of the molecule is C/C=C\c1nc[nH]c(=O)c1/C=C\C. The van der Waals surface area contributed by atoms with Crippen molar-refractivity contribution in [1.29, 1.82) is 0 Å². The average molecular weight is 176 g/mol. The molecule has 68 valence electrons. The standard InChI is InChI=1S/C10H12N2O/c1-3-5-8-9(6-4-2)11-7-12-10(8)13/h3-7H,1-2H3,(H,11,12,13)/b5-3-,6-4-. The zero-order chi connectivity index (χ0) is 9.68. The lowest BCUT2D eigenvalue weighted by Gasteiger charge is -1.96. The lowest BCUT2D eigenvalue weighted by Crippen LogP contribution is -2.11. The van der Waals surface area contributed by atoms with Crippen LogP contribution in [-0.2, 0) is 0 Å². The van der Waals surface area contributed by atoms with Gasteiger partial charge in [-0.1, -0.05) is 18.2 Å². The summed E-state index contributed by atoms with van der Waals surface area (Å²) >= 11 is 0. The molecule has 0 aliphatic carbocycles. The van der Waals surface area contributed by atoms with Crippen LogP contribution in [0.15, 0.2) is 23.3 Å². The van der Waals surface area contributed by atoms with Crippen LogP contribution < -0.4 is 5.56 Å². The minimum absolute atomic E-state index is 0.110. The number of H-pyrrole nitrogens is 1. The monoisotopic (exact) mass is 176 g/mol. The van der Waals surface area contributed by atoms with E-state index in [1.807, 2.05) is 32.1 Å². The van der Waals surface area contributed by atoms with Crippen LogP contribution >= 0.6 is 0 Å². The number of hydrogen-bond donors (Lipinski definition) is 1. The maximum absolute atomic E-state index is 11.3. The van der Waals surface area contributed by atoms with Crippen LogP contribution in [0.2, 0.25) is 0 Å². The minimum atomic E-state index is -0.110. The predicted molar refractivity (Wildman–Crippen MR) is 54.3 cm³/mol. The third-order valence-electron chi connectivity index (χ3n) is 1.58. The largest absolute Gasteiger partial charge is 0.313 e. The molecular formula is C10H12N2O. The molecular weight excluding hydrogens is 164 g/mol. The summed E-state index contributed by atoms with van der Waals surface area (Å²) in [5, 5.41) is 0. The molecule has 0 bridgehead atoms. The van der Waals surface area contributed by atoms with Gasteiger partial charge in [0.05, 0.1) is 17.6 Å². The van der Waals surface area contributed by atoms with Crippen molar-refractivity contribution in [3.8, 4) is 0 Å². The van der Waals surface area contributed by atoms with Gasteiger partial charge >= 0.3 is 0 Å². The Hall–Kier alpha value is -1.64. The Morgan fingerprint density at radius 2 is 2.00 bits per heavy atom. The van der Waals surface area contributed by atoms with Crippen molar-refractivity contribution in [2.75, 3.05) is 0 Å². The summed E-state index contributed by atoms with van der Waals surface area (Å²) in [6, 6.07) is 0. The Balaban J connectivity index is 3.33. The van der Waals surface area contributed by atoms with E-state index in [1.165, 1.54) is 6.33 Å². The first-order chi connectivity index (χ1) is 6.29. The summed E-state index contributed by atoms with van der Waals surface area (Å²) in [6.45, 7) is 3.76. The summed E-state index contributed by atoms with van der Waals surface area (Å²) < 4.78 is 0. The van der Waals surface area contributed by atoms with E-state index in [2.05, 4.69) is 9.97 Å².